The Labute approximate surface area is 193 Å². The number of nitriles is 1. The van der Waals surface area contributed by atoms with Crippen LogP contribution >= 0.6 is 23.2 Å². The first-order valence-corrected chi connectivity index (χ1v) is 11.0. The van der Waals surface area contributed by atoms with Gasteiger partial charge in [-0.2, -0.15) is 5.26 Å². The Bertz CT molecular complexity index is 1070. The Hall–Kier alpha value is -2.58. The van der Waals surface area contributed by atoms with Crippen LogP contribution in [-0.4, -0.2) is 29.1 Å². The highest BCUT2D eigenvalue weighted by Crippen LogP contribution is 2.38. The van der Waals surface area contributed by atoms with Gasteiger partial charge in [-0.15, -0.1) is 0 Å². The van der Waals surface area contributed by atoms with Crippen molar-refractivity contribution in [3.05, 3.63) is 93.6 Å². The first-order valence-electron chi connectivity index (χ1n) is 10.3. The maximum Gasteiger partial charge on any atom is 0.213 e. The van der Waals surface area contributed by atoms with Gasteiger partial charge in [-0.3, -0.25) is 4.90 Å². The van der Waals surface area contributed by atoms with E-state index in [9.17, 15) is 0 Å². The van der Waals surface area contributed by atoms with Crippen LogP contribution in [-0.2, 0) is 6.54 Å². The molecule has 1 aliphatic heterocycles. The average molecular weight is 452 g/mol. The van der Waals surface area contributed by atoms with E-state index < -0.39 is 0 Å². The number of hydrogen-bond donors (Lipinski definition) is 0. The van der Waals surface area contributed by atoms with E-state index in [2.05, 4.69) is 53.2 Å². The zero-order valence-corrected chi connectivity index (χ0v) is 18.7. The lowest BCUT2D eigenvalue weighted by Gasteiger charge is -2.26. The summed E-state index contributed by atoms with van der Waals surface area (Å²) in [5, 5.41) is 10.1. The van der Waals surface area contributed by atoms with E-state index in [4.69, 9.17) is 33.2 Å². The van der Waals surface area contributed by atoms with Gasteiger partial charge >= 0.3 is 0 Å². The molecule has 1 aliphatic rings. The highest BCUT2D eigenvalue weighted by molar-refractivity contribution is 6.42. The summed E-state index contributed by atoms with van der Waals surface area (Å²) in [4.78, 5) is 6.73. The predicted molar refractivity (Wildman–Crippen MR) is 123 cm³/mol. The number of nitrogens with zero attached hydrogens (tertiary/aromatic N) is 3. The molecular weight excluding hydrogens is 429 g/mol. The monoisotopic (exact) mass is 451 g/mol. The van der Waals surface area contributed by atoms with E-state index in [1.165, 1.54) is 11.8 Å². The third kappa shape index (κ3) is 5.19. The van der Waals surface area contributed by atoms with Gasteiger partial charge < -0.3 is 4.74 Å². The summed E-state index contributed by atoms with van der Waals surface area (Å²) < 4.78 is 6.20. The molecular formula is C25H23Cl2N3O. The van der Waals surface area contributed by atoms with Crippen LogP contribution in [0.4, 0.5) is 0 Å². The van der Waals surface area contributed by atoms with E-state index in [1.807, 2.05) is 18.2 Å². The number of ether oxygens (including phenoxy) is 1. The molecule has 1 saturated heterocycles. The lowest BCUT2D eigenvalue weighted by atomic mass is 9.86. The van der Waals surface area contributed by atoms with Gasteiger partial charge in [0.1, 0.15) is 12.2 Å². The SMILES string of the molecule is CC(Oc1ccc(C#N)cn1)C1CN(Cc2ccccc2)CC1c1ccc(Cl)c(Cl)c1. The third-order valence-corrected chi connectivity index (χ3v) is 6.58. The van der Waals surface area contributed by atoms with Crippen molar-refractivity contribution in [1.82, 2.24) is 9.88 Å². The Morgan fingerprint density at radius 3 is 2.58 bits per heavy atom. The van der Waals surface area contributed by atoms with E-state index in [0.717, 1.165) is 25.2 Å². The van der Waals surface area contributed by atoms with E-state index in [0.29, 0.717) is 21.5 Å². The molecule has 2 heterocycles. The van der Waals surface area contributed by atoms with Crippen molar-refractivity contribution in [2.24, 2.45) is 5.92 Å². The van der Waals surface area contributed by atoms with E-state index in [-0.39, 0.29) is 17.9 Å². The molecule has 3 unspecified atom stereocenters. The van der Waals surface area contributed by atoms with Crippen molar-refractivity contribution in [3.8, 4) is 11.9 Å². The maximum atomic E-state index is 8.98. The van der Waals surface area contributed by atoms with Crippen LogP contribution in [0.2, 0.25) is 10.0 Å². The largest absolute Gasteiger partial charge is 0.474 e. The Balaban J connectivity index is 1.56. The number of benzene rings is 2. The van der Waals surface area contributed by atoms with Gasteiger partial charge in [0.05, 0.1) is 15.6 Å². The summed E-state index contributed by atoms with van der Waals surface area (Å²) in [6.07, 6.45) is 1.47. The molecule has 0 saturated carbocycles. The van der Waals surface area contributed by atoms with Gasteiger partial charge in [-0.25, -0.2) is 4.98 Å². The standard InChI is InChI=1S/C25H23Cl2N3O/c1-17(31-25-10-7-19(12-28)13-29-25)21-15-30(14-18-5-3-2-4-6-18)16-22(21)20-8-9-23(26)24(27)11-20/h2-11,13,17,21-22H,14-16H2,1H3. The number of rotatable bonds is 6. The molecule has 2 aromatic carbocycles. The van der Waals surface area contributed by atoms with Gasteiger partial charge in [0.25, 0.3) is 0 Å². The second-order valence-electron chi connectivity index (χ2n) is 7.94. The Morgan fingerprint density at radius 1 is 1.10 bits per heavy atom. The molecule has 6 heteroatoms. The summed E-state index contributed by atoms with van der Waals surface area (Å²) in [6, 6.07) is 21.9. The smallest absolute Gasteiger partial charge is 0.213 e. The Morgan fingerprint density at radius 2 is 1.90 bits per heavy atom. The molecule has 1 aromatic heterocycles. The zero-order valence-electron chi connectivity index (χ0n) is 17.2. The molecule has 3 atom stereocenters. The van der Waals surface area contributed by atoms with Crippen LogP contribution in [0.3, 0.4) is 0 Å². The molecule has 158 valence electrons. The van der Waals surface area contributed by atoms with Crippen LogP contribution in [0.1, 0.15) is 29.5 Å². The molecule has 0 N–H and O–H groups in total. The quantitative estimate of drug-likeness (QED) is 0.464. The topological polar surface area (TPSA) is 49.1 Å². The zero-order chi connectivity index (χ0) is 21.8. The minimum absolute atomic E-state index is 0.0688. The second-order valence-corrected chi connectivity index (χ2v) is 8.76. The van der Waals surface area contributed by atoms with Gasteiger partial charge in [0, 0.05) is 43.7 Å². The van der Waals surface area contributed by atoms with Crippen LogP contribution in [0, 0.1) is 17.2 Å². The number of halogens is 2. The molecule has 3 aromatic rings. The van der Waals surface area contributed by atoms with Crippen molar-refractivity contribution >= 4 is 23.2 Å². The fourth-order valence-electron chi connectivity index (χ4n) is 4.25. The lowest BCUT2D eigenvalue weighted by molar-refractivity contribution is 0.138. The highest BCUT2D eigenvalue weighted by Gasteiger charge is 2.38. The fourth-order valence-corrected chi connectivity index (χ4v) is 4.56. The summed E-state index contributed by atoms with van der Waals surface area (Å²) in [5.41, 5.74) is 2.97. The molecule has 0 spiro atoms. The van der Waals surface area contributed by atoms with Gasteiger partial charge in [-0.1, -0.05) is 59.6 Å². The first-order chi connectivity index (χ1) is 15.0. The van der Waals surface area contributed by atoms with Crippen molar-refractivity contribution in [2.75, 3.05) is 13.1 Å². The third-order valence-electron chi connectivity index (χ3n) is 5.84. The number of likely N-dealkylation sites (tertiary alicyclic amines) is 1. The molecule has 4 nitrogen and oxygen atoms in total. The van der Waals surface area contributed by atoms with E-state index in [1.54, 1.807) is 12.1 Å². The van der Waals surface area contributed by atoms with Gasteiger partial charge in [0.2, 0.25) is 5.88 Å². The molecule has 0 amide bonds. The minimum atomic E-state index is -0.0688. The Kier molecular flexibility index (Phi) is 6.77. The van der Waals surface area contributed by atoms with Crippen molar-refractivity contribution < 1.29 is 4.74 Å². The van der Waals surface area contributed by atoms with Crippen molar-refractivity contribution in [1.29, 1.82) is 5.26 Å². The highest BCUT2D eigenvalue weighted by atomic mass is 35.5. The number of hydrogen-bond acceptors (Lipinski definition) is 4. The lowest BCUT2D eigenvalue weighted by Crippen LogP contribution is -2.30. The summed E-state index contributed by atoms with van der Waals surface area (Å²) >= 11 is 12.5. The minimum Gasteiger partial charge on any atom is -0.474 e. The average Bonchev–Trinajstić information content (AvgIpc) is 3.21. The van der Waals surface area contributed by atoms with Gasteiger partial charge in [0.15, 0.2) is 0 Å². The van der Waals surface area contributed by atoms with Crippen LogP contribution in [0.5, 0.6) is 5.88 Å². The van der Waals surface area contributed by atoms with E-state index >= 15 is 0 Å². The molecule has 0 bridgehead atoms. The number of aromatic nitrogens is 1. The molecule has 1 fully saturated rings. The van der Waals surface area contributed by atoms with Crippen molar-refractivity contribution in [2.45, 2.75) is 25.5 Å². The predicted octanol–water partition coefficient (Wildman–Crippen LogP) is 5.94. The van der Waals surface area contributed by atoms with Crippen LogP contribution < -0.4 is 4.74 Å². The molecule has 4 rings (SSSR count). The summed E-state index contributed by atoms with van der Waals surface area (Å²) in [6.45, 7) is 4.78. The molecule has 0 radical (unpaired) electrons. The normalized spacial score (nSPS) is 19.7. The summed E-state index contributed by atoms with van der Waals surface area (Å²) in [5.74, 6) is 1.03. The van der Waals surface area contributed by atoms with Crippen LogP contribution in [0.15, 0.2) is 66.9 Å². The first kappa shape index (κ1) is 21.6. The van der Waals surface area contributed by atoms with Crippen molar-refractivity contribution in [3.63, 3.8) is 0 Å². The molecule has 31 heavy (non-hydrogen) atoms. The number of pyridine rings is 1. The molecule has 0 aliphatic carbocycles. The van der Waals surface area contributed by atoms with Crippen LogP contribution in [0.25, 0.3) is 0 Å². The van der Waals surface area contributed by atoms with Gasteiger partial charge in [-0.05, 0) is 36.2 Å². The maximum absolute atomic E-state index is 8.98. The second kappa shape index (κ2) is 9.70. The summed E-state index contributed by atoms with van der Waals surface area (Å²) in [7, 11) is 0. The fraction of sp³-hybridized carbons (Fsp3) is 0.280.